The van der Waals surface area contributed by atoms with Gasteiger partial charge in [0.1, 0.15) is 0 Å². The molecule has 0 saturated heterocycles. The average Bonchev–Trinajstić information content (AvgIpc) is 2.20. The molecule has 0 bridgehead atoms. The van der Waals surface area contributed by atoms with Crippen molar-refractivity contribution in [3.63, 3.8) is 0 Å². The minimum atomic E-state index is -5.46. The van der Waals surface area contributed by atoms with Gasteiger partial charge in [0.25, 0.3) is 0 Å². The minimum absolute atomic E-state index is 0.198. The van der Waals surface area contributed by atoms with Crippen molar-refractivity contribution in [2.24, 2.45) is 11.8 Å². The zero-order valence-electron chi connectivity index (χ0n) is 10.8. The highest BCUT2D eigenvalue weighted by molar-refractivity contribution is 5.78. The Bertz CT molecular complexity index is 276. The first-order chi connectivity index (χ1) is 8.00. The number of hydrogen-bond donors (Lipinski definition) is 0. The number of carbonyl (C=O) groups excluding carboxylic acids is 1. The maximum atomic E-state index is 13.7. The summed E-state index contributed by atoms with van der Waals surface area (Å²) in [5.74, 6) is -6.99. The molecule has 0 radical (unpaired) electrons. The molecule has 3 nitrogen and oxygen atoms in total. The third kappa shape index (κ3) is 4.80. The molecule has 0 amide bonds. The Morgan fingerprint density at radius 3 is 1.78 bits per heavy atom. The molecule has 0 rings (SSSR count). The summed E-state index contributed by atoms with van der Waals surface area (Å²) < 4.78 is 59.6. The standard InChI is InChI=1S/C11H18F4O3/c1-7(2)5-17-9(16)10(12,11(13,14)15)18-6-8(3)4/h7-8H,5-6H2,1-4H3. The van der Waals surface area contributed by atoms with E-state index in [1.54, 1.807) is 13.8 Å². The van der Waals surface area contributed by atoms with E-state index in [-0.39, 0.29) is 18.4 Å². The fraction of sp³-hybridized carbons (Fsp3) is 0.909. The Morgan fingerprint density at radius 2 is 1.44 bits per heavy atom. The number of hydrogen-bond acceptors (Lipinski definition) is 3. The smallest absolute Gasteiger partial charge is 0.460 e. The molecule has 0 N–H and O–H groups in total. The first-order valence-corrected chi connectivity index (χ1v) is 5.57. The Labute approximate surface area is 103 Å². The molecule has 7 heteroatoms. The Morgan fingerprint density at radius 1 is 1.00 bits per heavy atom. The summed E-state index contributed by atoms with van der Waals surface area (Å²) in [6.07, 6.45) is -5.46. The van der Waals surface area contributed by atoms with Gasteiger partial charge in [0.2, 0.25) is 0 Å². The molecule has 0 aliphatic rings. The van der Waals surface area contributed by atoms with Crippen LogP contribution < -0.4 is 0 Å². The van der Waals surface area contributed by atoms with Crippen LogP contribution in [-0.2, 0) is 14.3 Å². The summed E-state index contributed by atoms with van der Waals surface area (Å²) >= 11 is 0. The molecular formula is C11H18F4O3. The molecule has 1 unspecified atom stereocenters. The van der Waals surface area contributed by atoms with Gasteiger partial charge in [-0.1, -0.05) is 27.7 Å². The minimum Gasteiger partial charge on any atom is -0.461 e. The number of carbonyl (C=O) groups is 1. The van der Waals surface area contributed by atoms with Gasteiger partial charge < -0.3 is 9.47 Å². The van der Waals surface area contributed by atoms with E-state index < -0.39 is 24.6 Å². The lowest BCUT2D eigenvalue weighted by atomic mass is 10.2. The zero-order chi connectivity index (χ0) is 14.6. The fourth-order valence-electron chi connectivity index (χ4n) is 0.873. The summed E-state index contributed by atoms with van der Waals surface area (Å²) in [5, 5.41) is 0. The van der Waals surface area contributed by atoms with E-state index in [4.69, 9.17) is 0 Å². The molecule has 1 atom stereocenters. The largest absolute Gasteiger partial charge is 0.461 e. The second kappa shape index (κ2) is 6.36. The maximum absolute atomic E-state index is 13.7. The number of rotatable bonds is 6. The Kier molecular flexibility index (Phi) is 6.06. The third-order valence-corrected chi connectivity index (χ3v) is 1.79. The highest BCUT2D eigenvalue weighted by atomic mass is 19.4. The summed E-state index contributed by atoms with van der Waals surface area (Å²) in [7, 11) is 0. The lowest BCUT2D eigenvalue weighted by Crippen LogP contribution is -2.52. The SMILES string of the molecule is CC(C)COC(=O)C(F)(OCC(C)C)C(F)(F)F. The van der Waals surface area contributed by atoms with Crippen molar-refractivity contribution in [3.05, 3.63) is 0 Å². The van der Waals surface area contributed by atoms with Crippen LogP contribution in [-0.4, -0.2) is 31.2 Å². The van der Waals surface area contributed by atoms with Gasteiger partial charge in [-0.3, -0.25) is 0 Å². The lowest BCUT2D eigenvalue weighted by Gasteiger charge is -2.26. The summed E-state index contributed by atoms with van der Waals surface area (Å²) in [6, 6.07) is 0. The molecule has 18 heavy (non-hydrogen) atoms. The zero-order valence-corrected chi connectivity index (χ0v) is 10.8. The van der Waals surface area contributed by atoms with Crippen LogP contribution in [0.3, 0.4) is 0 Å². The van der Waals surface area contributed by atoms with Crippen molar-refractivity contribution in [1.29, 1.82) is 0 Å². The molecule has 0 fully saturated rings. The maximum Gasteiger partial charge on any atom is 0.460 e. The molecular weight excluding hydrogens is 256 g/mol. The Hall–Kier alpha value is -0.850. The van der Waals surface area contributed by atoms with E-state index in [0.717, 1.165) is 0 Å². The topological polar surface area (TPSA) is 35.5 Å². The van der Waals surface area contributed by atoms with Crippen molar-refractivity contribution >= 4 is 5.97 Å². The van der Waals surface area contributed by atoms with E-state index >= 15 is 0 Å². The Balaban J connectivity index is 4.81. The second-order valence-corrected chi connectivity index (χ2v) is 4.79. The molecule has 0 saturated carbocycles. The molecule has 0 aliphatic heterocycles. The van der Waals surface area contributed by atoms with Gasteiger partial charge in [-0.2, -0.15) is 17.6 Å². The highest BCUT2D eigenvalue weighted by Crippen LogP contribution is 2.36. The van der Waals surface area contributed by atoms with Crippen LogP contribution in [0.25, 0.3) is 0 Å². The van der Waals surface area contributed by atoms with Crippen molar-refractivity contribution in [2.75, 3.05) is 13.2 Å². The highest BCUT2D eigenvalue weighted by Gasteiger charge is 2.65. The van der Waals surface area contributed by atoms with Gasteiger partial charge in [-0.05, 0) is 11.8 Å². The summed E-state index contributed by atoms with van der Waals surface area (Å²) in [4.78, 5) is 11.2. The van der Waals surface area contributed by atoms with Crippen molar-refractivity contribution < 1.29 is 31.8 Å². The first kappa shape index (κ1) is 17.2. The fourth-order valence-corrected chi connectivity index (χ4v) is 0.873. The van der Waals surface area contributed by atoms with Crippen LogP contribution in [0.4, 0.5) is 17.6 Å². The van der Waals surface area contributed by atoms with Crippen LogP contribution in [0, 0.1) is 11.8 Å². The van der Waals surface area contributed by atoms with Crippen molar-refractivity contribution in [1.82, 2.24) is 0 Å². The molecule has 0 aromatic rings. The van der Waals surface area contributed by atoms with Crippen LogP contribution in [0.2, 0.25) is 0 Å². The van der Waals surface area contributed by atoms with E-state index in [2.05, 4.69) is 9.47 Å². The van der Waals surface area contributed by atoms with Crippen LogP contribution in [0.1, 0.15) is 27.7 Å². The van der Waals surface area contributed by atoms with Crippen LogP contribution >= 0.6 is 0 Å². The molecule has 0 spiro atoms. The second-order valence-electron chi connectivity index (χ2n) is 4.79. The van der Waals surface area contributed by atoms with E-state index in [0.29, 0.717) is 0 Å². The van der Waals surface area contributed by atoms with Crippen molar-refractivity contribution in [2.45, 2.75) is 39.7 Å². The number of esters is 1. The van der Waals surface area contributed by atoms with Gasteiger partial charge in [0, 0.05) is 0 Å². The lowest BCUT2D eigenvalue weighted by molar-refractivity contribution is -0.326. The molecule has 0 aromatic carbocycles. The molecule has 108 valence electrons. The van der Waals surface area contributed by atoms with Crippen LogP contribution in [0.5, 0.6) is 0 Å². The predicted molar refractivity (Wildman–Crippen MR) is 56.5 cm³/mol. The quantitative estimate of drug-likeness (QED) is 0.551. The normalized spacial score (nSPS) is 15.9. The first-order valence-electron chi connectivity index (χ1n) is 5.57. The summed E-state index contributed by atoms with van der Waals surface area (Å²) in [5.41, 5.74) is 0. The third-order valence-electron chi connectivity index (χ3n) is 1.79. The van der Waals surface area contributed by atoms with Gasteiger partial charge in [-0.15, -0.1) is 0 Å². The molecule has 0 heterocycles. The van der Waals surface area contributed by atoms with E-state index in [9.17, 15) is 22.4 Å². The number of halogens is 4. The van der Waals surface area contributed by atoms with Gasteiger partial charge >= 0.3 is 18.0 Å². The van der Waals surface area contributed by atoms with E-state index in [1.165, 1.54) is 13.8 Å². The molecule has 0 aromatic heterocycles. The average molecular weight is 274 g/mol. The van der Waals surface area contributed by atoms with Gasteiger partial charge in [0.15, 0.2) is 0 Å². The predicted octanol–water partition coefficient (Wildman–Crippen LogP) is 3.09. The summed E-state index contributed by atoms with van der Waals surface area (Å²) in [6.45, 7) is 5.48. The number of ether oxygens (including phenoxy) is 2. The van der Waals surface area contributed by atoms with E-state index in [1.807, 2.05) is 0 Å². The van der Waals surface area contributed by atoms with Crippen LogP contribution in [0.15, 0.2) is 0 Å². The molecule has 0 aliphatic carbocycles. The van der Waals surface area contributed by atoms with Gasteiger partial charge in [-0.25, -0.2) is 4.79 Å². The number of alkyl halides is 4. The van der Waals surface area contributed by atoms with Crippen molar-refractivity contribution in [3.8, 4) is 0 Å². The van der Waals surface area contributed by atoms with Gasteiger partial charge in [0.05, 0.1) is 13.2 Å². The monoisotopic (exact) mass is 274 g/mol.